The topological polar surface area (TPSA) is 80.7 Å². The Morgan fingerprint density at radius 1 is 1.28 bits per heavy atom. The lowest BCUT2D eigenvalue weighted by Gasteiger charge is -2.33. The van der Waals surface area contributed by atoms with E-state index in [1.165, 1.54) is 0 Å². The molecule has 154 valence electrons. The summed E-state index contributed by atoms with van der Waals surface area (Å²) in [4.78, 5) is 18.4. The molecule has 0 bridgehead atoms. The van der Waals surface area contributed by atoms with Crippen LogP contribution in [-0.4, -0.2) is 45.3 Å². The number of ether oxygens (including phenoxy) is 1. The minimum atomic E-state index is -0.706. The van der Waals surface area contributed by atoms with Crippen LogP contribution in [0.1, 0.15) is 43.2 Å². The van der Waals surface area contributed by atoms with Crippen LogP contribution in [0.3, 0.4) is 0 Å². The van der Waals surface area contributed by atoms with Crippen LogP contribution in [0.5, 0.6) is 0 Å². The van der Waals surface area contributed by atoms with E-state index in [1.54, 1.807) is 11.8 Å². The maximum Gasteiger partial charge on any atom is 0.409 e. The first kappa shape index (κ1) is 19.5. The Kier molecular flexibility index (Phi) is 5.58. The largest absolute Gasteiger partial charge is 0.464 e. The zero-order valence-corrected chi connectivity index (χ0v) is 16.9. The van der Waals surface area contributed by atoms with E-state index in [-0.39, 0.29) is 12.0 Å². The van der Waals surface area contributed by atoms with Gasteiger partial charge in [-0.15, -0.1) is 0 Å². The number of furan rings is 1. The summed E-state index contributed by atoms with van der Waals surface area (Å²) in [6.07, 6.45) is 0.440. The van der Waals surface area contributed by atoms with Crippen molar-refractivity contribution in [1.82, 2.24) is 14.5 Å². The lowest BCUT2D eigenvalue weighted by Crippen LogP contribution is -2.40. The standard InChI is InChI=1S/C22H27N3O4/c1-3-28-22(27)24-12-10-16(11-13-24)20(26)21-23-18-6-4-5-7-19(18)25(21)14-17-9-8-15(2)29-17/h4-9,16,20,26H,3,10-14H2,1-2H3. The number of carbonyl (C=O) groups excluding carboxylic acids is 1. The number of amides is 1. The molecule has 1 saturated heterocycles. The van der Waals surface area contributed by atoms with Gasteiger partial charge in [-0.3, -0.25) is 0 Å². The Hall–Kier alpha value is -2.80. The molecule has 3 heterocycles. The van der Waals surface area contributed by atoms with Crippen LogP contribution >= 0.6 is 0 Å². The van der Waals surface area contributed by atoms with Crippen molar-refractivity contribution in [3.05, 3.63) is 53.7 Å². The van der Waals surface area contributed by atoms with Crippen LogP contribution in [0.4, 0.5) is 4.79 Å². The van der Waals surface area contributed by atoms with E-state index in [1.807, 2.05) is 47.9 Å². The zero-order chi connectivity index (χ0) is 20.4. The third-order valence-corrected chi connectivity index (χ3v) is 5.57. The van der Waals surface area contributed by atoms with E-state index >= 15 is 0 Å². The van der Waals surface area contributed by atoms with Crippen molar-refractivity contribution in [2.75, 3.05) is 19.7 Å². The Labute approximate surface area is 169 Å². The number of para-hydroxylation sites is 2. The van der Waals surface area contributed by atoms with Crippen LogP contribution in [0, 0.1) is 12.8 Å². The number of nitrogens with zero attached hydrogens (tertiary/aromatic N) is 3. The molecule has 0 spiro atoms. The van der Waals surface area contributed by atoms with E-state index in [4.69, 9.17) is 14.1 Å². The van der Waals surface area contributed by atoms with Crippen LogP contribution < -0.4 is 0 Å². The fourth-order valence-corrected chi connectivity index (χ4v) is 4.04. The van der Waals surface area contributed by atoms with Crippen LogP contribution in [0.25, 0.3) is 11.0 Å². The highest BCUT2D eigenvalue weighted by atomic mass is 16.6. The predicted molar refractivity (Wildman–Crippen MR) is 109 cm³/mol. The Bertz CT molecular complexity index is 985. The van der Waals surface area contributed by atoms with Gasteiger partial charge in [0.05, 0.1) is 24.2 Å². The summed E-state index contributed by atoms with van der Waals surface area (Å²) in [5, 5.41) is 11.2. The second kappa shape index (κ2) is 8.29. The van der Waals surface area contributed by atoms with Gasteiger partial charge in [0.2, 0.25) is 0 Å². The zero-order valence-electron chi connectivity index (χ0n) is 16.9. The molecule has 1 amide bonds. The Morgan fingerprint density at radius 3 is 2.72 bits per heavy atom. The van der Waals surface area contributed by atoms with E-state index in [2.05, 4.69) is 0 Å². The molecule has 1 aromatic carbocycles. The number of benzene rings is 1. The van der Waals surface area contributed by atoms with Gasteiger partial charge in [0.25, 0.3) is 0 Å². The van der Waals surface area contributed by atoms with Gasteiger partial charge in [-0.05, 0) is 56.9 Å². The summed E-state index contributed by atoms with van der Waals surface area (Å²) in [5.74, 6) is 2.37. The fraction of sp³-hybridized carbons (Fsp3) is 0.455. The van der Waals surface area contributed by atoms with Gasteiger partial charge in [0.15, 0.2) is 0 Å². The van der Waals surface area contributed by atoms with Gasteiger partial charge in [-0.25, -0.2) is 9.78 Å². The number of likely N-dealkylation sites (tertiary alicyclic amines) is 1. The van der Waals surface area contributed by atoms with E-state index in [9.17, 15) is 9.90 Å². The Morgan fingerprint density at radius 2 is 2.03 bits per heavy atom. The van der Waals surface area contributed by atoms with Gasteiger partial charge in [0, 0.05) is 13.1 Å². The first-order valence-corrected chi connectivity index (χ1v) is 10.2. The SMILES string of the molecule is CCOC(=O)N1CCC(C(O)c2nc3ccccc3n2Cc2ccc(C)o2)CC1. The number of hydrogen-bond acceptors (Lipinski definition) is 5. The number of carbonyl (C=O) groups is 1. The molecule has 1 aliphatic heterocycles. The molecular formula is C22H27N3O4. The van der Waals surface area contributed by atoms with Crippen molar-refractivity contribution >= 4 is 17.1 Å². The van der Waals surface area contributed by atoms with Gasteiger partial charge >= 0.3 is 6.09 Å². The average Bonchev–Trinajstić information content (AvgIpc) is 3.31. The summed E-state index contributed by atoms with van der Waals surface area (Å²) < 4.78 is 12.9. The molecule has 1 atom stereocenters. The van der Waals surface area contributed by atoms with Crippen LogP contribution in [0.15, 0.2) is 40.8 Å². The molecule has 0 radical (unpaired) electrons. The third kappa shape index (κ3) is 4.00. The van der Waals surface area contributed by atoms with E-state index in [0.717, 1.165) is 22.6 Å². The smallest absolute Gasteiger partial charge is 0.409 e. The molecule has 7 nitrogen and oxygen atoms in total. The normalized spacial score (nSPS) is 16.3. The summed E-state index contributed by atoms with van der Waals surface area (Å²) in [7, 11) is 0. The number of aliphatic hydroxyl groups excluding tert-OH is 1. The number of piperidine rings is 1. The van der Waals surface area contributed by atoms with Crippen molar-refractivity contribution in [2.24, 2.45) is 5.92 Å². The van der Waals surface area contributed by atoms with Gasteiger partial charge in [-0.1, -0.05) is 12.1 Å². The quantitative estimate of drug-likeness (QED) is 0.706. The number of fused-ring (bicyclic) bond motifs is 1. The highest BCUT2D eigenvalue weighted by molar-refractivity contribution is 5.76. The first-order chi connectivity index (χ1) is 14.1. The molecule has 2 aromatic heterocycles. The minimum absolute atomic E-state index is 0.0366. The van der Waals surface area contributed by atoms with Crippen molar-refractivity contribution in [3.8, 4) is 0 Å². The summed E-state index contributed by atoms with van der Waals surface area (Å²) >= 11 is 0. The predicted octanol–water partition coefficient (Wildman–Crippen LogP) is 3.89. The highest BCUT2D eigenvalue weighted by Crippen LogP contribution is 2.33. The molecule has 3 aromatic rings. The van der Waals surface area contributed by atoms with Gasteiger partial charge < -0.3 is 23.7 Å². The maximum absolute atomic E-state index is 11.9. The molecule has 4 rings (SSSR count). The Balaban J connectivity index is 1.57. The summed E-state index contributed by atoms with van der Waals surface area (Å²) in [5.41, 5.74) is 1.83. The van der Waals surface area contributed by atoms with Crippen molar-refractivity contribution in [2.45, 2.75) is 39.3 Å². The summed E-state index contributed by atoms with van der Waals surface area (Å²) in [6.45, 7) is 5.78. The van der Waals surface area contributed by atoms with Crippen molar-refractivity contribution < 1.29 is 19.1 Å². The fourth-order valence-electron chi connectivity index (χ4n) is 4.04. The lowest BCUT2D eigenvalue weighted by atomic mass is 9.91. The van der Waals surface area contributed by atoms with Gasteiger partial charge in [0.1, 0.15) is 23.4 Å². The number of aryl methyl sites for hydroxylation is 1. The first-order valence-electron chi connectivity index (χ1n) is 10.2. The van der Waals surface area contributed by atoms with E-state index in [0.29, 0.717) is 44.9 Å². The number of rotatable bonds is 5. The number of aromatic nitrogens is 2. The second-order valence-electron chi connectivity index (χ2n) is 7.53. The molecule has 1 unspecified atom stereocenters. The van der Waals surface area contributed by atoms with Crippen molar-refractivity contribution in [3.63, 3.8) is 0 Å². The molecule has 1 fully saturated rings. The monoisotopic (exact) mass is 397 g/mol. The highest BCUT2D eigenvalue weighted by Gasteiger charge is 2.31. The van der Waals surface area contributed by atoms with Crippen LogP contribution in [0.2, 0.25) is 0 Å². The molecule has 7 heteroatoms. The lowest BCUT2D eigenvalue weighted by molar-refractivity contribution is 0.0429. The number of imidazole rings is 1. The molecule has 1 N–H and O–H groups in total. The summed E-state index contributed by atoms with van der Waals surface area (Å²) in [6, 6.07) is 11.8. The third-order valence-electron chi connectivity index (χ3n) is 5.57. The molecule has 0 aliphatic carbocycles. The van der Waals surface area contributed by atoms with E-state index < -0.39 is 6.10 Å². The molecule has 0 saturated carbocycles. The van der Waals surface area contributed by atoms with Crippen LogP contribution in [-0.2, 0) is 11.3 Å². The number of hydrogen-bond donors (Lipinski definition) is 1. The maximum atomic E-state index is 11.9. The molecule has 29 heavy (non-hydrogen) atoms. The average molecular weight is 397 g/mol. The second-order valence-corrected chi connectivity index (χ2v) is 7.53. The van der Waals surface area contributed by atoms with Crippen molar-refractivity contribution in [1.29, 1.82) is 0 Å². The minimum Gasteiger partial charge on any atom is -0.464 e. The number of aliphatic hydroxyl groups is 1. The molecular weight excluding hydrogens is 370 g/mol. The molecule has 1 aliphatic rings. The van der Waals surface area contributed by atoms with Gasteiger partial charge in [-0.2, -0.15) is 0 Å².